The topological polar surface area (TPSA) is 98.1 Å². The van der Waals surface area contributed by atoms with E-state index in [-0.39, 0.29) is 28.5 Å². The molecule has 1 heterocycles. The smallest absolute Gasteiger partial charge is 0.253 e. The molecule has 0 unspecified atom stereocenters. The molecule has 3 aromatic rings. The number of rotatable bonds is 10. The van der Waals surface area contributed by atoms with Crippen LogP contribution < -0.4 is 15.4 Å². The minimum Gasteiger partial charge on any atom is -0.497 e. The number of methoxy groups -OCH3 is 1. The van der Waals surface area contributed by atoms with E-state index in [0.717, 1.165) is 0 Å². The van der Waals surface area contributed by atoms with Gasteiger partial charge in [0.2, 0.25) is 5.91 Å². The molecule has 0 fully saturated rings. The van der Waals surface area contributed by atoms with Crippen molar-refractivity contribution in [1.82, 2.24) is 20.1 Å². The van der Waals surface area contributed by atoms with Crippen LogP contribution in [0.3, 0.4) is 0 Å². The molecule has 0 radical (unpaired) electrons. The van der Waals surface area contributed by atoms with Crippen LogP contribution in [0.15, 0.2) is 47.6 Å². The largest absolute Gasteiger partial charge is 0.497 e. The van der Waals surface area contributed by atoms with Crippen molar-refractivity contribution in [3.8, 4) is 5.75 Å². The molecule has 186 valence electrons. The Labute approximate surface area is 218 Å². The monoisotopic (exact) mass is 535 g/mol. The van der Waals surface area contributed by atoms with Crippen LogP contribution in [-0.4, -0.2) is 39.4 Å². The molecule has 8 nitrogen and oxygen atoms in total. The molecule has 3 rings (SSSR count). The molecule has 0 saturated carbocycles. The Morgan fingerprint density at radius 2 is 1.83 bits per heavy atom. The predicted molar refractivity (Wildman–Crippen MR) is 139 cm³/mol. The highest BCUT2D eigenvalue weighted by Gasteiger charge is 2.24. The molecule has 0 aliphatic carbocycles. The third-order valence-corrected chi connectivity index (χ3v) is 6.64. The van der Waals surface area contributed by atoms with Crippen LogP contribution in [0.4, 0.5) is 5.69 Å². The van der Waals surface area contributed by atoms with Gasteiger partial charge in [-0.25, -0.2) is 0 Å². The fourth-order valence-corrected chi connectivity index (χ4v) is 4.58. The second kappa shape index (κ2) is 12.3. The number of amides is 2. The Balaban J connectivity index is 1.68. The number of nitrogens with zero attached hydrogens (tertiary/aromatic N) is 3. The van der Waals surface area contributed by atoms with E-state index in [1.807, 2.05) is 7.05 Å². The molecule has 35 heavy (non-hydrogen) atoms. The number of nitrogens with one attached hydrogen (secondary N) is 2. The van der Waals surface area contributed by atoms with E-state index in [2.05, 4.69) is 34.7 Å². The standard InChI is InChI=1S/C24H27Cl2N5O3S/c1-14(2)11-20(28-23(33)18-10-5-15(25)12-19(18)26)22-29-30-24(31(22)3)35-13-21(32)27-16-6-8-17(34-4)9-7-16/h5-10,12,14,20H,11,13H2,1-4H3,(H,27,32)(H,28,33)/t20-/m1/s1. The summed E-state index contributed by atoms with van der Waals surface area (Å²) in [5.74, 6) is 1.24. The molecule has 0 bridgehead atoms. The van der Waals surface area contributed by atoms with Gasteiger partial charge in [-0.2, -0.15) is 0 Å². The zero-order valence-corrected chi connectivity index (χ0v) is 22.2. The maximum atomic E-state index is 12.9. The lowest BCUT2D eigenvalue weighted by Crippen LogP contribution is -2.31. The third kappa shape index (κ3) is 7.37. The first kappa shape index (κ1) is 26.8. The Hall–Kier alpha value is -2.75. The molecular weight excluding hydrogens is 509 g/mol. The van der Waals surface area contributed by atoms with Gasteiger partial charge in [0.25, 0.3) is 5.91 Å². The highest BCUT2D eigenvalue weighted by molar-refractivity contribution is 7.99. The van der Waals surface area contributed by atoms with Gasteiger partial charge in [-0.15, -0.1) is 10.2 Å². The third-order valence-electron chi connectivity index (χ3n) is 5.07. The number of ether oxygens (including phenoxy) is 1. The quantitative estimate of drug-likeness (QED) is 0.338. The van der Waals surface area contributed by atoms with Gasteiger partial charge in [-0.3, -0.25) is 9.59 Å². The van der Waals surface area contributed by atoms with E-state index in [9.17, 15) is 9.59 Å². The van der Waals surface area contributed by atoms with Crippen molar-refractivity contribution in [3.05, 3.63) is 63.9 Å². The highest BCUT2D eigenvalue weighted by Crippen LogP contribution is 2.26. The number of anilines is 1. The zero-order valence-electron chi connectivity index (χ0n) is 19.8. The maximum Gasteiger partial charge on any atom is 0.253 e. The summed E-state index contributed by atoms with van der Waals surface area (Å²) in [4.78, 5) is 25.3. The van der Waals surface area contributed by atoms with Gasteiger partial charge < -0.3 is 19.9 Å². The number of hydrogen-bond donors (Lipinski definition) is 2. The van der Waals surface area contributed by atoms with Gasteiger partial charge in [0.1, 0.15) is 5.75 Å². The van der Waals surface area contributed by atoms with E-state index in [1.165, 1.54) is 17.8 Å². The summed E-state index contributed by atoms with van der Waals surface area (Å²) in [5, 5.41) is 15.7. The number of benzene rings is 2. The van der Waals surface area contributed by atoms with Crippen LogP contribution in [0.2, 0.25) is 10.0 Å². The summed E-state index contributed by atoms with van der Waals surface area (Å²) < 4.78 is 6.92. The number of thioether (sulfide) groups is 1. The second-order valence-corrected chi connectivity index (χ2v) is 10.0. The van der Waals surface area contributed by atoms with E-state index in [1.54, 1.807) is 48.1 Å². The van der Waals surface area contributed by atoms with Crippen LogP contribution in [0.1, 0.15) is 42.5 Å². The normalized spacial score (nSPS) is 11.9. The summed E-state index contributed by atoms with van der Waals surface area (Å²) in [5.41, 5.74) is 1.01. The van der Waals surface area contributed by atoms with Crippen LogP contribution >= 0.6 is 35.0 Å². The number of hydrogen-bond acceptors (Lipinski definition) is 6. The van der Waals surface area contributed by atoms with Crippen molar-refractivity contribution < 1.29 is 14.3 Å². The lowest BCUT2D eigenvalue weighted by molar-refractivity contribution is -0.113. The summed E-state index contributed by atoms with van der Waals surface area (Å²) in [6, 6.07) is 11.4. The summed E-state index contributed by atoms with van der Waals surface area (Å²) in [7, 11) is 3.40. The summed E-state index contributed by atoms with van der Waals surface area (Å²) in [6.07, 6.45) is 0.644. The van der Waals surface area contributed by atoms with Crippen LogP contribution in [0, 0.1) is 5.92 Å². The van der Waals surface area contributed by atoms with Gasteiger partial charge in [0, 0.05) is 17.8 Å². The molecule has 2 aromatic carbocycles. The van der Waals surface area contributed by atoms with E-state index in [4.69, 9.17) is 27.9 Å². The van der Waals surface area contributed by atoms with E-state index >= 15 is 0 Å². The predicted octanol–water partition coefficient (Wildman–Crippen LogP) is 5.38. The zero-order chi connectivity index (χ0) is 25.5. The van der Waals surface area contributed by atoms with Crippen molar-refractivity contribution in [2.45, 2.75) is 31.5 Å². The summed E-state index contributed by atoms with van der Waals surface area (Å²) in [6.45, 7) is 4.12. The molecule has 11 heteroatoms. The van der Waals surface area contributed by atoms with E-state index in [0.29, 0.717) is 39.4 Å². The van der Waals surface area contributed by atoms with Crippen molar-refractivity contribution in [2.24, 2.45) is 13.0 Å². The Morgan fingerprint density at radius 1 is 1.11 bits per heavy atom. The van der Waals surface area contributed by atoms with Crippen molar-refractivity contribution in [1.29, 1.82) is 0 Å². The fraction of sp³-hybridized carbons (Fsp3) is 0.333. The minimum atomic E-state index is -0.394. The molecule has 0 spiro atoms. The SMILES string of the molecule is COc1ccc(NC(=O)CSc2nnc([C@@H](CC(C)C)NC(=O)c3ccc(Cl)cc3Cl)n2C)cc1. The van der Waals surface area contributed by atoms with Crippen molar-refractivity contribution in [2.75, 3.05) is 18.2 Å². The first-order chi connectivity index (χ1) is 16.7. The van der Waals surface area contributed by atoms with Gasteiger partial charge in [0.15, 0.2) is 11.0 Å². The Morgan fingerprint density at radius 3 is 2.46 bits per heavy atom. The average molecular weight is 536 g/mol. The van der Waals surface area contributed by atoms with Gasteiger partial charge >= 0.3 is 0 Å². The first-order valence-corrected chi connectivity index (χ1v) is 12.6. The maximum absolute atomic E-state index is 12.9. The lowest BCUT2D eigenvalue weighted by atomic mass is 10.0. The molecule has 0 aliphatic heterocycles. The van der Waals surface area contributed by atoms with Crippen LogP contribution in [0.5, 0.6) is 5.75 Å². The Kier molecular flexibility index (Phi) is 9.42. The van der Waals surface area contributed by atoms with Crippen LogP contribution in [0.25, 0.3) is 0 Å². The number of halogens is 2. The van der Waals surface area contributed by atoms with Gasteiger partial charge in [0.05, 0.1) is 29.5 Å². The lowest BCUT2D eigenvalue weighted by Gasteiger charge is -2.20. The molecule has 0 saturated heterocycles. The van der Waals surface area contributed by atoms with E-state index < -0.39 is 6.04 Å². The van der Waals surface area contributed by atoms with Crippen molar-refractivity contribution >= 4 is 52.5 Å². The number of aromatic nitrogens is 3. The first-order valence-electron chi connectivity index (χ1n) is 10.9. The van der Waals surface area contributed by atoms with Gasteiger partial charge in [-0.1, -0.05) is 48.8 Å². The second-order valence-electron chi connectivity index (χ2n) is 8.24. The fourth-order valence-electron chi connectivity index (χ4n) is 3.37. The minimum absolute atomic E-state index is 0.152. The number of carbonyl (C=O) groups excluding carboxylic acids is 2. The molecular formula is C24H27Cl2N5O3S. The Bertz CT molecular complexity index is 1180. The summed E-state index contributed by atoms with van der Waals surface area (Å²) >= 11 is 13.4. The molecule has 1 atom stereocenters. The highest BCUT2D eigenvalue weighted by atomic mass is 35.5. The molecule has 2 N–H and O–H groups in total. The molecule has 1 aromatic heterocycles. The van der Waals surface area contributed by atoms with Crippen molar-refractivity contribution in [3.63, 3.8) is 0 Å². The molecule has 2 amide bonds. The van der Waals surface area contributed by atoms with Gasteiger partial charge in [-0.05, 0) is 54.8 Å². The average Bonchev–Trinajstić information content (AvgIpc) is 3.17. The number of carbonyl (C=O) groups is 2. The van der Waals surface area contributed by atoms with Crippen LogP contribution in [-0.2, 0) is 11.8 Å². The molecule has 0 aliphatic rings.